The summed E-state index contributed by atoms with van der Waals surface area (Å²) in [7, 11) is 0. The molecule has 0 aromatic carbocycles. The van der Waals surface area contributed by atoms with E-state index in [2.05, 4.69) is 32.5 Å². The molecule has 14 nitrogen and oxygen atoms in total. The van der Waals surface area contributed by atoms with Crippen molar-refractivity contribution in [2.75, 3.05) is 6.54 Å². The van der Waals surface area contributed by atoms with E-state index in [1.807, 2.05) is 0 Å². The van der Waals surface area contributed by atoms with Crippen LogP contribution in [-0.2, 0) is 23.9 Å². The molecule has 0 aromatic heterocycles. The first-order valence-electron chi connectivity index (χ1n) is 10.4. The van der Waals surface area contributed by atoms with E-state index in [1.165, 1.54) is 12.6 Å². The van der Waals surface area contributed by atoms with Crippen molar-refractivity contribution in [1.29, 1.82) is 0 Å². The number of ether oxygens (including phenoxy) is 1. The molecule has 3 aliphatic rings. The van der Waals surface area contributed by atoms with Crippen LogP contribution in [0.15, 0.2) is 33.7 Å². The number of carboxylic acid groups (broad SMARTS) is 2. The van der Waals surface area contributed by atoms with E-state index in [-0.39, 0.29) is 19.4 Å². The molecule has 0 aromatic rings. The van der Waals surface area contributed by atoms with E-state index >= 15 is 0 Å². The summed E-state index contributed by atoms with van der Waals surface area (Å²) in [6.45, 7) is 3.80. The largest absolute Gasteiger partial charge is 0.481 e. The number of nitrogens with zero attached hydrogens (tertiary/aromatic N) is 2. The van der Waals surface area contributed by atoms with Crippen molar-refractivity contribution in [3.8, 4) is 0 Å². The molecule has 14 heteroatoms. The fourth-order valence-electron chi connectivity index (χ4n) is 3.74. The number of hydrogen-bond acceptors (Lipinski definition) is 10. The molecule has 3 rings (SSSR count). The number of aliphatic imine (C=N–C) groups is 2. The van der Waals surface area contributed by atoms with Gasteiger partial charge in [0, 0.05) is 19.2 Å². The Morgan fingerprint density at radius 1 is 1.18 bits per heavy atom. The Kier molecular flexibility index (Phi) is 7.75. The predicted octanol–water partition coefficient (Wildman–Crippen LogP) is -2.53. The number of aliphatic hydroxyl groups is 2. The lowest BCUT2D eigenvalue weighted by Gasteiger charge is -2.22. The molecular weight excluding hydrogens is 454 g/mol. The molecule has 0 aliphatic carbocycles. The van der Waals surface area contributed by atoms with Gasteiger partial charge in [0.2, 0.25) is 5.91 Å². The molecule has 0 spiro atoms. The highest BCUT2D eigenvalue weighted by molar-refractivity contribution is 5.87. The van der Waals surface area contributed by atoms with Crippen LogP contribution in [0, 0.1) is 5.92 Å². The maximum atomic E-state index is 12.5. The molecule has 0 radical (unpaired) electrons. The molecule has 7 N–H and O–H groups in total. The van der Waals surface area contributed by atoms with Gasteiger partial charge >= 0.3 is 11.9 Å². The van der Waals surface area contributed by atoms with E-state index in [1.54, 1.807) is 0 Å². The maximum Gasteiger partial charge on any atom is 0.326 e. The summed E-state index contributed by atoms with van der Waals surface area (Å²) in [6, 6.07) is -1.56. The highest BCUT2D eigenvalue weighted by atomic mass is 16.5. The lowest BCUT2D eigenvalue weighted by atomic mass is 9.94. The number of carbonyl (C=O) groups is 4. The third-order valence-electron chi connectivity index (χ3n) is 5.46. The average molecular weight is 479 g/mol. The Balaban J connectivity index is 1.47. The summed E-state index contributed by atoms with van der Waals surface area (Å²) in [6.07, 6.45) is -3.13. The Hall–Kier alpha value is -3.62. The zero-order valence-corrected chi connectivity index (χ0v) is 17.9. The van der Waals surface area contributed by atoms with E-state index in [0.29, 0.717) is 17.1 Å². The van der Waals surface area contributed by atoms with Gasteiger partial charge in [0.25, 0.3) is 5.91 Å². The molecule has 2 unspecified atom stereocenters. The van der Waals surface area contributed by atoms with Crippen LogP contribution < -0.4 is 16.0 Å². The highest BCUT2D eigenvalue weighted by Crippen LogP contribution is 2.36. The summed E-state index contributed by atoms with van der Waals surface area (Å²) in [5.74, 6) is -4.83. The third-order valence-corrected chi connectivity index (χ3v) is 5.46. The number of hydrogen-bond donors (Lipinski definition) is 7. The third kappa shape index (κ3) is 5.47. The highest BCUT2D eigenvalue weighted by Gasteiger charge is 2.51. The number of amides is 2. The number of rotatable bonds is 10. The van der Waals surface area contributed by atoms with Gasteiger partial charge in [-0.05, 0) is 6.42 Å². The Morgan fingerprint density at radius 2 is 1.91 bits per heavy atom. The summed E-state index contributed by atoms with van der Waals surface area (Å²) >= 11 is 0. The summed E-state index contributed by atoms with van der Waals surface area (Å²) in [5.41, 5.74) is 1.51. The minimum absolute atomic E-state index is 0.00770. The van der Waals surface area contributed by atoms with Crippen molar-refractivity contribution in [2.45, 2.75) is 49.7 Å². The number of carbonyl (C=O) groups excluding carboxylic acids is 2. The SMILES string of the molecule is C=C1NC=NC2=C1N=CC2[C@@H]1O[C@H](C(=O)NCCCC(=O)NC(CC(=O)O)C(=O)O)[C@@H](O)[C@H]1O. The lowest BCUT2D eigenvalue weighted by molar-refractivity contribution is -0.147. The van der Waals surface area contributed by atoms with Crippen molar-refractivity contribution in [2.24, 2.45) is 15.9 Å². The molecule has 0 bridgehead atoms. The van der Waals surface area contributed by atoms with Gasteiger partial charge in [-0.2, -0.15) is 0 Å². The fraction of sp³-hybridized carbons (Fsp3) is 0.500. The molecule has 1 fully saturated rings. The van der Waals surface area contributed by atoms with Crippen molar-refractivity contribution < 1.29 is 44.3 Å². The Morgan fingerprint density at radius 3 is 2.59 bits per heavy atom. The van der Waals surface area contributed by atoms with Crippen LogP contribution in [0.4, 0.5) is 0 Å². The zero-order chi connectivity index (χ0) is 25.0. The number of aliphatic carboxylic acids is 2. The summed E-state index contributed by atoms with van der Waals surface area (Å²) in [5, 5.41) is 45.8. The molecular formula is C20H25N5O9. The van der Waals surface area contributed by atoms with Crippen molar-refractivity contribution in [3.63, 3.8) is 0 Å². The van der Waals surface area contributed by atoms with Gasteiger partial charge in [-0.15, -0.1) is 0 Å². The minimum Gasteiger partial charge on any atom is -0.481 e. The summed E-state index contributed by atoms with van der Waals surface area (Å²) < 4.78 is 5.65. The molecule has 0 saturated carbocycles. The van der Waals surface area contributed by atoms with Crippen molar-refractivity contribution in [1.82, 2.24) is 16.0 Å². The van der Waals surface area contributed by atoms with Gasteiger partial charge in [-0.1, -0.05) is 6.58 Å². The lowest BCUT2D eigenvalue weighted by Crippen LogP contribution is -2.44. The van der Waals surface area contributed by atoms with Gasteiger partial charge in [0.15, 0.2) is 6.10 Å². The first kappa shape index (κ1) is 25.0. The number of carboxylic acids is 2. The van der Waals surface area contributed by atoms with Crippen LogP contribution in [-0.4, -0.2) is 93.7 Å². The second-order valence-electron chi connectivity index (χ2n) is 7.87. The topological polar surface area (TPSA) is 219 Å². The zero-order valence-electron chi connectivity index (χ0n) is 17.9. The average Bonchev–Trinajstić information content (AvgIpc) is 3.32. The van der Waals surface area contributed by atoms with Crippen LogP contribution in [0.3, 0.4) is 0 Å². The normalized spacial score (nSPS) is 28.3. The second kappa shape index (κ2) is 10.5. The molecule has 6 atom stereocenters. The van der Waals surface area contributed by atoms with Gasteiger partial charge in [0.05, 0.1) is 30.1 Å². The minimum atomic E-state index is -1.56. The molecule has 3 heterocycles. The monoisotopic (exact) mass is 479 g/mol. The van der Waals surface area contributed by atoms with Gasteiger partial charge < -0.3 is 41.1 Å². The number of nitrogens with one attached hydrogen (secondary N) is 3. The standard InChI is InChI=1S/C20H25N5O9/c1-8-13-14(24-7-23-8)9(6-22-13)17-15(29)16(30)18(34-17)19(31)21-4-2-3-11(26)25-10(20(32)33)5-12(27)28/h6-7,9-10,15-18,29-30H,1-5H2,(H,21,31)(H,23,24)(H,25,26)(H,27,28)(H,32,33)/t9?,10?,15-,16+,17+,18+/m1/s1. The van der Waals surface area contributed by atoms with Gasteiger partial charge in [-0.25, -0.2) is 9.79 Å². The van der Waals surface area contributed by atoms with E-state index in [0.717, 1.165) is 0 Å². The van der Waals surface area contributed by atoms with Crippen LogP contribution in [0.2, 0.25) is 0 Å². The fourth-order valence-corrected chi connectivity index (χ4v) is 3.74. The quantitative estimate of drug-likeness (QED) is 0.163. The van der Waals surface area contributed by atoms with Gasteiger partial charge in [-0.3, -0.25) is 19.4 Å². The maximum absolute atomic E-state index is 12.5. The van der Waals surface area contributed by atoms with Crippen LogP contribution in [0.5, 0.6) is 0 Å². The van der Waals surface area contributed by atoms with E-state index < -0.39 is 66.5 Å². The van der Waals surface area contributed by atoms with Crippen LogP contribution in [0.25, 0.3) is 0 Å². The van der Waals surface area contributed by atoms with Crippen molar-refractivity contribution in [3.05, 3.63) is 23.7 Å². The molecule has 34 heavy (non-hydrogen) atoms. The molecule has 184 valence electrons. The predicted molar refractivity (Wildman–Crippen MR) is 115 cm³/mol. The second-order valence-corrected chi connectivity index (χ2v) is 7.87. The smallest absolute Gasteiger partial charge is 0.326 e. The van der Waals surface area contributed by atoms with Crippen molar-refractivity contribution >= 4 is 36.3 Å². The van der Waals surface area contributed by atoms with Crippen LogP contribution in [0.1, 0.15) is 19.3 Å². The van der Waals surface area contributed by atoms with E-state index in [4.69, 9.17) is 14.9 Å². The first-order chi connectivity index (χ1) is 16.1. The Labute approximate surface area is 193 Å². The number of aliphatic hydroxyl groups excluding tert-OH is 2. The molecule has 1 saturated heterocycles. The summed E-state index contributed by atoms with van der Waals surface area (Å²) in [4.78, 5) is 54.4. The van der Waals surface area contributed by atoms with E-state index in [9.17, 15) is 29.4 Å². The van der Waals surface area contributed by atoms with Crippen LogP contribution >= 0.6 is 0 Å². The molecule has 3 aliphatic heterocycles. The Bertz CT molecular complexity index is 975. The molecule has 2 amide bonds. The van der Waals surface area contributed by atoms with Gasteiger partial charge in [0.1, 0.15) is 30.1 Å². The first-order valence-corrected chi connectivity index (χ1v) is 10.4.